The van der Waals surface area contributed by atoms with Crippen LogP contribution in [0.3, 0.4) is 0 Å². The van der Waals surface area contributed by atoms with Gasteiger partial charge in [0.1, 0.15) is 5.75 Å². The average molecular weight is 256 g/mol. The minimum Gasteiger partial charge on any atom is -0.497 e. The molecule has 0 saturated heterocycles. The van der Waals surface area contributed by atoms with Gasteiger partial charge in [-0.2, -0.15) is 10.2 Å². The van der Waals surface area contributed by atoms with Crippen LogP contribution in [0.1, 0.15) is 10.4 Å². The number of ether oxygens (including phenoxy) is 1. The Morgan fingerprint density at radius 3 is 1.84 bits per heavy atom. The standard InChI is InChI=1S/C14H12N2O3/c1-19-13-8-6-12(7-9-13)16-15-11-4-2-10(3-5-11)14(17)18/h2-9H,1H3,(H,17,18). The van der Waals surface area contributed by atoms with Gasteiger partial charge in [0.05, 0.1) is 24.0 Å². The van der Waals surface area contributed by atoms with Crippen molar-refractivity contribution < 1.29 is 14.6 Å². The second-order valence-corrected chi connectivity index (χ2v) is 3.75. The molecule has 0 aliphatic rings. The van der Waals surface area contributed by atoms with Crippen LogP contribution in [0.15, 0.2) is 58.8 Å². The highest BCUT2D eigenvalue weighted by atomic mass is 16.5. The molecule has 0 aliphatic carbocycles. The van der Waals surface area contributed by atoms with Crippen molar-refractivity contribution in [3.63, 3.8) is 0 Å². The molecular formula is C14H12N2O3. The lowest BCUT2D eigenvalue weighted by Gasteiger charge is -1.98. The van der Waals surface area contributed by atoms with Gasteiger partial charge < -0.3 is 9.84 Å². The van der Waals surface area contributed by atoms with Crippen LogP contribution in [0.2, 0.25) is 0 Å². The Balaban J connectivity index is 2.10. The van der Waals surface area contributed by atoms with Crippen LogP contribution in [0.4, 0.5) is 11.4 Å². The van der Waals surface area contributed by atoms with Gasteiger partial charge in [0.25, 0.3) is 0 Å². The molecule has 1 N–H and O–H groups in total. The van der Waals surface area contributed by atoms with Crippen molar-refractivity contribution in [3.8, 4) is 5.75 Å². The smallest absolute Gasteiger partial charge is 0.335 e. The van der Waals surface area contributed by atoms with Crippen molar-refractivity contribution in [2.75, 3.05) is 7.11 Å². The number of azo groups is 1. The number of carboxylic acid groups (broad SMARTS) is 1. The molecule has 2 rings (SSSR count). The van der Waals surface area contributed by atoms with E-state index in [4.69, 9.17) is 9.84 Å². The maximum absolute atomic E-state index is 10.7. The van der Waals surface area contributed by atoms with Gasteiger partial charge in [0, 0.05) is 0 Å². The molecule has 0 bridgehead atoms. The summed E-state index contributed by atoms with van der Waals surface area (Å²) in [5.74, 6) is -0.205. The molecule has 0 unspecified atom stereocenters. The Hall–Kier alpha value is -2.69. The molecule has 0 aliphatic heterocycles. The lowest BCUT2D eigenvalue weighted by Crippen LogP contribution is -1.93. The van der Waals surface area contributed by atoms with E-state index in [0.717, 1.165) is 5.75 Å². The Morgan fingerprint density at radius 1 is 0.947 bits per heavy atom. The van der Waals surface area contributed by atoms with Crippen molar-refractivity contribution in [2.24, 2.45) is 10.2 Å². The van der Waals surface area contributed by atoms with Gasteiger partial charge in [0.15, 0.2) is 0 Å². The minimum absolute atomic E-state index is 0.225. The first-order valence-electron chi connectivity index (χ1n) is 5.58. The van der Waals surface area contributed by atoms with Crippen molar-refractivity contribution in [3.05, 3.63) is 54.1 Å². The van der Waals surface area contributed by atoms with E-state index < -0.39 is 5.97 Å². The molecule has 0 amide bonds. The molecule has 5 heteroatoms. The number of hydrogen-bond donors (Lipinski definition) is 1. The monoisotopic (exact) mass is 256 g/mol. The number of carboxylic acids is 1. The first-order chi connectivity index (χ1) is 9.19. The molecule has 19 heavy (non-hydrogen) atoms. The fraction of sp³-hybridized carbons (Fsp3) is 0.0714. The van der Waals surface area contributed by atoms with Gasteiger partial charge in [-0.25, -0.2) is 4.79 Å². The highest BCUT2D eigenvalue weighted by molar-refractivity contribution is 5.87. The SMILES string of the molecule is COc1ccc(N=Nc2ccc(C(=O)O)cc2)cc1. The second-order valence-electron chi connectivity index (χ2n) is 3.75. The van der Waals surface area contributed by atoms with Gasteiger partial charge >= 0.3 is 5.97 Å². The molecule has 0 radical (unpaired) electrons. The van der Waals surface area contributed by atoms with E-state index >= 15 is 0 Å². The van der Waals surface area contributed by atoms with E-state index in [1.807, 2.05) is 0 Å². The third kappa shape index (κ3) is 3.38. The topological polar surface area (TPSA) is 71.2 Å². The summed E-state index contributed by atoms with van der Waals surface area (Å²) in [7, 11) is 1.60. The summed E-state index contributed by atoms with van der Waals surface area (Å²) in [5, 5.41) is 16.8. The van der Waals surface area contributed by atoms with Crippen LogP contribution in [0.5, 0.6) is 5.75 Å². The predicted molar refractivity (Wildman–Crippen MR) is 70.6 cm³/mol. The predicted octanol–water partition coefficient (Wildman–Crippen LogP) is 3.81. The van der Waals surface area contributed by atoms with E-state index in [1.165, 1.54) is 12.1 Å². The average Bonchev–Trinajstić information content (AvgIpc) is 2.46. The molecule has 2 aromatic rings. The van der Waals surface area contributed by atoms with Crippen LogP contribution >= 0.6 is 0 Å². The van der Waals surface area contributed by atoms with Crippen molar-refractivity contribution in [2.45, 2.75) is 0 Å². The zero-order valence-corrected chi connectivity index (χ0v) is 10.3. The second kappa shape index (κ2) is 5.77. The van der Waals surface area contributed by atoms with E-state index in [9.17, 15) is 4.79 Å². The third-order valence-electron chi connectivity index (χ3n) is 2.47. The molecular weight excluding hydrogens is 244 g/mol. The maximum Gasteiger partial charge on any atom is 0.335 e. The molecule has 0 fully saturated rings. The third-order valence-corrected chi connectivity index (χ3v) is 2.47. The Labute approximate surface area is 110 Å². The van der Waals surface area contributed by atoms with Gasteiger partial charge in [-0.15, -0.1) is 0 Å². The van der Waals surface area contributed by atoms with Crippen LogP contribution < -0.4 is 4.74 Å². The first-order valence-corrected chi connectivity index (χ1v) is 5.58. The Bertz CT molecular complexity index is 589. The number of hydrogen-bond acceptors (Lipinski definition) is 4. The molecule has 2 aromatic carbocycles. The van der Waals surface area contributed by atoms with Gasteiger partial charge in [-0.1, -0.05) is 0 Å². The van der Waals surface area contributed by atoms with Crippen LogP contribution in [-0.2, 0) is 0 Å². The summed E-state index contributed by atoms with van der Waals surface area (Å²) in [6, 6.07) is 13.4. The quantitative estimate of drug-likeness (QED) is 0.845. The first kappa shape index (κ1) is 12.8. The summed E-state index contributed by atoms with van der Waals surface area (Å²) in [4.78, 5) is 10.7. The summed E-state index contributed by atoms with van der Waals surface area (Å²) in [5.41, 5.74) is 1.52. The highest BCUT2D eigenvalue weighted by Crippen LogP contribution is 2.21. The Kier molecular flexibility index (Phi) is 3.87. The Morgan fingerprint density at radius 2 is 1.42 bits per heavy atom. The van der Waals surface area contributed by atoms with E-state index in [2.05, 4.69) is 10.2 Å². The summed E-state index contributed by atoms with van der Waals surface area (Å²) >= 11 is 0. The number of benzene rings is 2. The fourth-order valence-electron chi connectivity index (χ4n) is 1.44. The molecule has 0 atom stereocenters. The number of nitrogens with zero attached hydrogens (tertiary/aromatic N) is 2. The number of methoxy groups -OCH3 is 1. The summed E-state index contributed by atoms with van der Waals surface area (Å²) in [6.07, 6.45) is 0. The van der Waals surface area contributed by atoms with Crippen LogP contribution in [0.25, 0.3) is 0 Å². The van der Waals surface area contributed by atoms with Crippen molar-refractivity contribution in [1.82, 2.24) is 0 Å². The zero-order valence-electron chi connectivity index (χ0n) is 10.3. The summed E-state index contributed by atoms with van der Waals surface area (Å²) < 4.78 is 5.04. The number of carbonyl (C=O) groups is 1. The van der Waals surface area contributed by atoms with Crippen LogP contribution in [0, 0.1) is 0 Å². The van der Waals surface area contributed by atoms with Gasteiger partial charge in [-0.3, -0.25) is 0 Å². The minimum atomic E-state index is -0.960. The van der Waals surface area contributed by atoms with E-state index in [0.29, 0.717) is 11.4 Å². The molecule has 0 saturated carbocycles. The van der Waals surface area contributed by atoms with Crippen LogP contribution in [-0.4, -0.2) is 18.2 Å². The van der Waals surface area contributed by atoms with Crippen molar-refractivity contribution in [1.29, 1.82) is 0 Å². The summed E-state index contributed by atoms with van der Waals surface area (Å²) in [6.45, 7) is 0. The maximum atomic E-state index is 10.7. The van der Waals surface area contributed by atoms with E-state index in [1.54, 1.807) is 43.5 Å². The normalized spacial score (nSPS) is 10.6. The molecule has 96 valence electrons. The number of rotatable bonds is 4. The molecule has 0 aromatic heterocycles. The fourth-order valence-corrected chi connectivity index (χ4v) is 1.44. The number of aromatic carboxylic acids is 1. The molecule has 0 heterocycles. The van der Waals surface area contributed by atoms with Gasteiger partial charge in [0.2, 0.25) is 0 Å². The lowest BCUT2D eigenvalue weighted by molar-refractivity contribution is 0.0697. The lowest BCUT2D eigenvalue weighted by atomic mass is 10.2. The zero-order chi connectivity index (χ0) is 13.7. The molecule has 5 nitrogen and oxygen atoms in total. The van der Waals surface area contributed by atoms with Crippen molar-refractivity contribution >= 4 is 17.3 Å². The largest absolute Gasteiger partial charge is 0.497 e. The highest BCUT2D eigenvalue weighted by Gasteiger charge is 2.00. The van der Waals surface area contributed by atoms with Gasteiger partial charge in [-0.05, 0) is 48.5 Å². The molecule has 0 spiro atoms. The van der Waals surface area contributed by atoms with E-state index in [-0.39, 0.29) is 5.56 Å².